The van der Waals surface area contributed by atoms with E-state index < -0.39 is 10.0 Å². The second-order valence-electron chi connectivity index (χ2n) is 5.66. The van der Waals surface area contributed by atoms with E-state index in [4.69, 9.17) is 15.6 Å². The molecule has 0 bridgehead atoms. The molecule has 9 heteroatoms. The van der Waals surface area contributed by atoms with Gasteiger partial charge in [0, 0.05) is 18.3 Å². The zero-order valence-electron chi connectivity index (χ0n) is 13.3. The predicted molar refractivity (Wildman–Crippen MR) is 94.3 cm³/mol. The molecule has 0 heterocycles. The van der Waals surface area contributed by atoms with Crippen molar-refractivity contribution in [2.24, 2.45) is 16.8 Å². The van der Waals surface area contributed by atoms with Crippen molar-refractivity contribution in [1.82, 2.24) is 5.32 Å². The third-order valence-corrected chi connectivity index (χ3v) is 5.52. The van der Waals surface area contributed by atoms with Gasteiger partial charge in [-0.15, -0.1) is 11.8 Å². The normalized spacial score (nSPS) is 15.8. The van der Waals surface area contributed by atoms with Crippen LogP contribution >= 0.6 is 11.8 Å². The maximum absolute atomic E-state index is 11.8. The second-order valence-corrected chi connectivity index (χ2v) is 8.33. The van der Waals surface area contributed by atoms with E-state index in [1.54, 1.807) is 12.1 Å². The van der Waals surface area contributed by atoms with E-state index in [0.29, 0.717) is 36.3 Å². The predicted octanol–water partition coefficient (Wildman–Crippen LogP) is 0.300. The van der Waals surface area contributed by atoms with E-state index >= 15 is 0 Å². The standard InChI is InChI=1S/C15H23N3O4S2/c16-9-14(11-1-2-11)18-15(19)10-23-8-7-22-12-3-5-13(6-4-12)24(17,20)21/h3-6,11,14H,1-2,7-10,16H2,(H,18,19)(H2,17,20,21). The highest BCUT2D eigenvalue weighted by molar-refractivity contribution is 7.99. The zero-order valence-corrected chi connectivity index (χ0v) is 14.9. The van der Waals surface area contributed by atoms with Crippen molar-refractivity contribution >= 4 is 27.7 Å². The lowest BCUT2D eigenvalue weighted by Gasteiger charge is -2.15. The monoisotopic (exact) mass is 373 g/mol. The average molecular weight is 374 g/mol. The molecule has 0 radical (unpaired) electrons. The number of hydrogen-bond acceptors (Lipinski definition) is 6. The number of benzene rings is 1. The van der Waals surface area contributed by atoms with Gasteiger partial charge >= 0.3 is 0 Å². The number of nitrogens with one attached hydrogen (secondary N) is 1. The topological polar surface area (TPSA) is 125 Å². The summed E-state index contributed by atoms with van der Waals surface area (Å²) in [5, 5.41) is 7.99. The van der Waals surface area contributed by atoms with Crippen molar-refractivity contribution in [2.45, 2.75) is 23.8 Å². The average Bonchev–Trinajstić information content (AvgIpc) is 3.36. The molecular weight excluding hydrogens is 350 g/mol. The van der Waals surface area contributed by atoms with Gasteiger partial charge in [0.05, 0.1) is 17.3 Å². The van der Waals surface area contributed by atoms with Crippen LogP contribution in [0.5, 0.6) is 5.75 Å². The van der Waals surface area contributed by atoms with E-state index in [-0.39, 0.29) is 16.8 Å². The smallest absolute Gasteiger partial charge is 0.238 e. The Morgan fingerprint density at radius 3 is 2.54 bits per heavy atom. The fraction of sp³-hybridized carbons (Fsp3) is 0.533. The third kappa shape index (κ3) is 6.31. The first-order valence-corrected chi connectivity index (χ1v) is 10.4. The van der Waals surface area contributed by atoms with Crippen molar-refractivity contribution in [3.05, 3.63) is 24.3 Å². The Balaban J connectivity index is 1.61. The van der Waals surface area contributed by atoms with Gasteiger partial charge < -0.3 is 15.8 Å². The number of sulfonamides is 1. The molecule has 5 N–H and O–H groups in total. The molecular formula is C15H23N3O4S2. The Morgan fingerprint density at radius 1 is 1.33 bits per heavy atom. The molecule has 1 atom stereocenters. The Bertz CT molecular complexity index is 645. The number of nitrogens with two attached hydrogens (primary N) is 2. The number of carbonyl (C=O) groups is 1. The maximum atomic E-state index is 11.8. The highest BCUT2D eigenvalue weighted by Gasteiger charge is 2.30. The molecule has 0 spiro atoms. The molecule has 0 aliphatic heterocycles. The van der Waals surface area contributed by atoms with E-state index in [2.05, 4.69) is 5.32 Å². The largest absolute Gasteiger partial charge is 0.493 e. The van der Waals surface area contributed by atoms with Crippen LogP contribution in [0.2, 0.25) is 0 Å². The van der Waals surface area contributed by atoms with Gasteiger partial charge in [0.2, 0.25) is 15.9 Å². The first-order chi connectivity index (χ1) is 11.4. The molecule has 0 saturated heterocycles. The molecule has 1 unspecified atom stereocenters. The fourth-order valence-corrected chi connectivity index (χ4v) is 3.35. The number of thioether (sulfide) groups is 1. The molecule has 134 valence electrons. The van der Waals surface area contributed by atoms with Crippen LogP contribution in [0, 0.1) is 5.92 Å². The molecule has 0 aromatic heterocycles. The second kappa shape index (κ2) is 8.70. The Morgan fingerprint density at radius 2 is 2.00 bits per heavy atom. The summed E-state index contributed by atoms with van der Waals surface area (Å²) in [4.78, 5) is 11.9. The number of rotatable bonds is 10. The lowest BCUT2D eigenvalue weighted by atomic mass is 10.2. The van der Waals surface area contributed by atoms with Crippen LogP contribution in [-0.2, 0) is 14.8 Å². The van der Waals surface area contributed by atoms with E-state index in [1.807, 2.05) is 0 Å². The van der Waals surface area contributed by atoms with Crippen molar-refractivity contribution in [2.75, 3.05) is 24.7 Å². The number of amides is 1. The lowest BCUT2D eigenvalue weighted by Crippen LogP contribution is -2.42. The highest BCUT2D eigenvalue weighted by atomic mass is 32.2. The summed E-state index contributed by atoms with van der Waals surface area (Å²) in [5.41, 5.74) is 5.65. The van der Waals surface area contributed by atoms with Crippen LogP contribution in [0.3, 0.4) is 0 Å². The number of ether oxygens (including phenoxy) is 1. The van der Waals surface area contributed by atoms with Gasteiger partial charge in [0.25, 0.3) is 0 Å². The molecule has 2 rings (SSSR count). The molecule has 1 saturated carbocycles. The minimum Gasteiger partial charge on any atom is -0.493 e. The van der Waals surface area contributed by atoms with Gasteiger partial charge in [-0.3, -0.25) is 4.79 Å². The molecule has 1 aromatic carbocycles. The summed E-state index contributed by atoms with van der Waals surface area (Å²) >= 11 is 1.48. The van der Waals surface area contributed by atoms with Crippen LogP contribution in [0.15, 0.2) is 29.2 Å². The van der Waals surface area contributed by atoms with Crippen molar-refractivity contribution < 1.29 is 17.9 Å². The van der Waals surface area contributed by atoms with Gasteiger partial charge in [-0.1, -0.05) is 0 Å². The van der Waals surface area contributed by atoms with Gasteiger partial charge in [-0.2, -0.15) is 0 Å². The molecule has 1 aliphatic rings. The Kier molecular flexibility index (Phi) is 6.90. The molecule has 1 aromatic rings. The number of primary sulfonamides is 1. The fourth-order valence-electron chi connectivity index (χ4n) is 2.23. The summed E-state index contributed by atoms with van der Waals surface area (Å²) in [7, 11) is -3.69. The summed E-state index contributed by atoms with van der Waals surface area (Å²) in [6.07, 6.45) is 2.29. The van der Waals surface area contributed by atoms with Crippen LogP contribution < -0.4 is 20.9 Å². The minimum atomic E-state index is -3.69. The SMILES string of the molecule is NCC(NC(=O)CSCCOc1ccc(S(N)(=O)=O)cc1)C1CC1. The van der Waals surface area contributed by atoms with E-state index in [0.717, 1.165) is 12.8 Å². The van der Waals surface area contributed by atoms with Crippen LogP contribution in [0.4, 0.5) is 0 Å². The quantitative estimate of drug-likeness (QED) is 0.507. The third-order valence-electron chi connectivity index (χ3n) is 3.67. The summed E-state index contributed by atoms with van der Waals surface area (Å²) in [6, 6.07) is 6.01. The molecule has 7 nitrogen and oxygen atoms in total. The van der Waals surface area contributed by atoms with Crippen molar-refractivity contribution in [1.29, 1.82) is 0 Å². The number of carbonyl (C=O) groups excluding carboxylic acids is 1. The van der Waals surface area contributed by atoms with Gasteiger partial charge in [-0.05, 0) is 43.0 Å². The van der Waals surface area contributed by atoms with Gasteiger partial charge in [-0.25, -0.2) is 13.6 Å². The molecule has 1 amide bonds. The first kappa shape index (κ1) is 19.0. The summed E-state index contributed by atoms with van der Waals surface area (Å²) < 4.78 is 27.8. The van der Waals surface area contributed by atoms with Crippen molar-refractivity contribution in [3.8, 4) is 5.75 Å². The van der Waals surface area contributed by atoms with E-state index in [9.17, 15) is 13.2 Å². The Labute approximate surface area is 146 Å². The zero-order chi connectivity index (χ0) is 17.6. The number of hydrogen-bond donors (Lipinski definition) is 3. The van der Waals surface area contributed by atoms with E-state index in [1.165, 1.54) is 23.9 Å². The lowest BCUT2D eigenvalue weighted by molar-refractivity contribution is -0.119. The highest BCUT2D eigenvalue weighted by Crippen LogP contribution is 2.32. The van der Waals surface area contributed by atoms with Crippen LogP contribution in [0.1, 0.15) is 12.8 Å². The van der Waals surface area contributed by atoms with Crippen molar-refractivity contribution in [3.63, 3.8) is 0 Å². The molecule has 24 heavy (non-hydrogen) atoms. The maximum Gasteiger partial charge on any atom is 0.238 e. The first-order valence-electron chi connectivity index (χ1n) is 7.73. The molecule has 1 fully saturated rings. The van der Waals surface area contributed by atoms with Gasteiger partial charge in [0.15, 0.2) is 0 Å². The minimum absolute atomic E-state index is 0.000134. The van der Waals surface area contributed by atoms with Crippen LogP contribution in [-0.4, -0.2) is 45.0 Å². The van der Waals surface area contributed by atoms with Crippen LogP contribution in [0.25, 0.3) is 0 Å². The van der Waals surface area contributed by atoms with Gasteiger partial charge in [0.1, 0.15) is 5.75 Å². The Hall–Kier alpha value is -1.29. The summed E-state index contributed by atoms with van der Waals surface area (Å²) in [6.45, 7) is 0.911. The summed E-state index contributed by atoms with van der Waals surface area (Å²) in [5.74, 6) is 2.13. The molecule has 1 aliphatic carbocycles.